The van der Waals surface area contributed by atoms with Gasteiger partial charge in [0.25, 0.3) is 5.69 Å². The van der Waals surface area contributed by atoms with Gasteiger partial charge in [-0.3, -0.25) is 19.2 Å². The van der Waals surface area contributed by atoms with Crippen LogP contribution in [0.4, 0.5) is 11.4 Å². The Balaban J connectivity index is 2.41. The van der Waals surface area contributed by atoms with E-state index in [1.807, 2.05) is 0 Å². The number of amides is 1. The molecule has 2 aromatic rings. The van der Waals surface area contributed by atoms with Crippen LogP contribution in [0.15, 0.2) is 42.5 Å². The molecule has 0 bridgehead atoms. The molecule has 0 radical (unpaired) electrons. The first kappa shape index (κ1) is 24.9. The molecule has 1 N–H and O–H groups in total. The van der Waals surface area contributed by atoms with Crippen molar-refractivity contribution in [1.82, 2.24) is 5.32 Å². The number of carbonyl (C=O) groups is 1. The maximum atomic E-state index is 13.2. The van der Waals surface area contributed by atoms with Gasteiger partial charge < -0.3 is 14.8 Å². The molecule has 0 fully saturated rings. The van der Waals surface area contributed by atoms with E-state index < -0.39 is 32.9 Å². The quantitative estimate of drug-likeness (QED) is 0.422. The van der Waals surface area contributed by atoms with E-state index in [4.69, 9.17) is 9.47 Å². The van der Waals surface area contributed by atoms with Gasteiger partial charge in [-0.05, 0) is 37.6 Å². The number of hydrogen-bond acceptors (Lipinski definition) is 7. The fraction of sp³-hybridized carbons (Fsp3) is 0.381. The topological polar surface area (TPSA) is 128 Å². The minimum Gasteiger partial charge on any atom is -0.497 e. The van der Waals surface area contributed by atoms with Gasteiger partial charge in [-0.25, -0.2) is 8.42 Å². The molecule has 0 spiro atoms. The largest absolute Gasteiger partial charge is 0.497 e. The second-order valence-corrected chi connectivity index (χ2v) is 8.96. The van der Waals surface area contributed by atoms with E-state index in [2.05, 4.69) is 5.32 Å². The van der Waals surface area contributed by atoms with Crippen LogP contribution in [-0.4, -0.2) is 45.8 Å². The Bertz CT molecular complexity index is 1090. The SMILES string of the molecule is CCC(C(=O)NC(C)c1cc(OC)ccc1OC)N(c1cccc([N+](=O)[O-])c1)S(C)(=O)=O. The Morgan fingerprint density at radius 3 is 2.41 bits per heavy atom. The van der Waals surface area contributed by atoms with Gasteiger partial charge in [0.05, 0.1) is 37.1 Å². The number of non-ortho nitro benzene ring substituents is 1. The first-order chi connectivity index (χ1) is 15.0. The van der Waals surface area contributed by atoms with Gasteiger partial charge in [-0.2, -0.15) is 0 Å². The number of nitrogens with one attached hydrogen (secondary N) is 1. The highest BCUT2D eigenvalue weighted by atomic mass is 32.2. The average molecular weight is 466 g/mol. The Morgan fingerprint density at radius 2 is 1.88 bits per heavy atom. The third kappa shape index (κ3) is 5.67. The fourth-order valence-electron chi connectivity index (χ4n) is 3.37. The van der Waals surface area contributed by atoms with Crippen molar-refractivity contribution >= 4 is 27.3 Å². The molecule has 2 aromatic carbocycles. The van der Waals surface area contributed by atoms with E-state index >= 15 is 0 Å². The number of carbonyl (C=O) groups excluding carboxylic acids is 1. The maximum absolute atomic E-state index is 13.2. The monoisotopic (exact) mass is 465 g/mol. The number of nitrogens with zero attached hydrogens (tertiary/aromatic N) is 2. The van der Waals surface area contributed by atoms with Crippen LogP contribution in [0.2, 0.25) is 0 Å². The van der Waals surface area contributed by atoms with E-state index in [1.165, 1.54) is 32.4 Å². The highest BCUT2D eigenvalue weighted by Crippen LogP contribution is 2.30. The van der Waals surface area contributed by atoms with Crippen LogP contribution in [-0.2, 0) is 14.8 Å². The van der Waals surface area contributed by atoms with Gasteiger partial charge in [0.15, 0.2) is 0 Å². The molecular weight excluding hydrogens is 438 g/mol. The average Bonchev–Trinajstić information content (AvgIpc) is 2.75. The lowest BCUT2D eigenvalue weighted by Gasteiger charge is -2.31. The smallest absolute Gasteiger partial charge is 0.271 e. The summed E-state index contributed by atoms with van der Waals surface area (Å²) < 4.78 is 36.7. The van der Waals surface area contributed by atoms with Crippen LogP contribution in [0.25, 0.3) is 0 Å². The van der Waals surface area contributed by atoms with Gasteiger partial charge in [-0.1, -0.05) is 13.0 Å². The van der Waals surface area contributed by atoms with E-state index in [0.29, 0.717) is 17.1 Å². The van der Waals surface area contributed by atoms with Crippen LogP contribution in [0, 0.1) is 10.1 Å². The Kier molecular flexibility index (Phi) is 8.03. The van der Waals surface area contributed by atoms with Crippen molar-refractivity contribution in [2.75, 3.05) is 24.8 Å². The molecule has 0 saturated carbocycles. The van der Waals surface area contributed by atoms with Crippen molar-refractivity contribution < 1.29 is 27.6 Å². The molecular formula is C21H27N3O7S. The zero-order valence-electron chi connectivity index (χ0n) is 18.6. The third-order valence-electron chi connectivity index (χ3n) is 4.89. The molecule has 2 atom stereocenters. The lowest BCUT2D eigenvalue weighted by atomic mass is 10.1. The Labute approximate surface area is 187 Å². The standard InChI is InChI=1S/C21H27N3O7S/c1-6-19(23(32(5,28)29)15-8-7-9-16(12-15)24(26)27)21(25)22-14(2)18-13-17(30-3)10-11-20(18)31-4/h7-14,19H,6H2,1-5H3,(H,22,25). The summed E-state index contributed by atoms with van der Waals surface area (Å²) in [7, 11) is -0.914. The molecule has 0 heterocycles. The first-order valence-electron chi connectivity index (χ1n) is 9.79. The lowest BCUT2D eigenvalue weighted by Crippen LogP contribution is -2.49. The highest BCUT2D eigenvalue weighted by molar-refractivity contribution is 7.92. The lowest BCUT2D eigenvalue weighted by molar-refractivity contribution is -0.384. The minimum atomic E-state index is -3.94. The minimum absolute atomic E-state index is 0.0373. The van der Waals surface area contributed by atoms with Crippen LogP contribution in [0.3, 0.4) is 0 Å². The number of nitro benzene ring substituents is 1. The van der Waals surface area contributed by atoms with Crippen molar-refractivity contribution in [2.45, 2.75) is 32.4 Å². The number of rotatable bonds is 10. The molecule has 0 saturated heterocycles. The van der Waals surface area contributed by atoms with Gasteiger partial charge >= 0.3 is 0 Å². The number of ether oxygens (including phenoxy) is 2. The second-order valence-electron chi connectivity index (χ2n) is 7.10. The van der Waals surface area contributed by atoms with Crippen molar-refractivity contribution in [2.24, 2.45) is 0 Å². The predicted molar refractivity (Wildman–Crippen MR) is 121 cm³/mol. The summed E-state index contributed by atoms with van der Waals surface area (Å²) >= 11 is 0. The zero-order chi connectivity index (χ0) is 24.1. The van der Waals surface area contributed by atoms with E-state index in [1.54, 1.807) is 32.0 Å². The number of hydrogen-bond donors (Lipinski definition) is 1. The molecule has 0 aliphatic carbocycles. The molecule has 10 nitrogen and oxygen atoms in total. The van der Waals surface area contributed by atoms with Crippen molar-refractivity contribution in [3.05, 3.63) is 58.1 Å². The molecule has 174 valence electrons. The summed E-state index contributed by atoms with van der Waals surface area (Å²) in [5, 5.41) is 14.0. The Hall–Kier alpha value is -3.34. The summed E-state index contributed by atoms with van der Waals surface area (Å²) in [5.41, 5.74) is 0.410. The number of nitro groups is 1. The highest BCUT2D eigenvalue weighted by Gasteiger charge is 2.33. The van der Waals surface area contributed by atoms with Crippen molar-refractivity contribution in [3.8, 4) is 11.5 Å². The predicted octanol–water partition coefficient (Wildman–Crippen LogP) is 3.03. The van der Waals surface area contributed by atoms with Crippen molar-refractivity contribution in [1.29, 1.82) is 0 Å². The van der Waals surface area contributed by atoms with E-state index in [9.17, 15) is 23.3 Å². The van der Waals surface area contributed by atoms with E-state index in [-0.39, 0.29) is 17.8 Å². The molecule has 0 aromatic heterocycles. The van der Waals surface area contributed by atoms with Crippen molar-refractivity contribution in [3.63, 3.8) is 0 Å². The van der Waals surface area contributed by atoms with Crippen LogP contribution < -0.4 is 19.1 Å². The second kappa shape index (κ2) is 10.3. The number of methoxy groups -OCH3 is 2. The Morgan fingerprint density at radius 1 is 1.19 bits per heavy atom. The number of sulfonamides is 1. The number of benzene rings is 2. The molecule has 0 aliphatic heterocycles. The molecule has 2 rings (SSSR count). The van der Waals surface area contributed by atoms with Crippen LogP contribution in [0.5, 0.6) is 11.5 Å². The fourth-order valence-corrected chi connectivity index (χ4v) is 4.57. The van der Waals surface area contributed by atoms with Gasteiger partial charge in [0, 0.05) is 17.7 Å². The molecule has 32 heavy (non-hydrogen) atoms. The first-order valence-corrected chi connectivity index (χ1v) is 11.6. The van der Waals surface area contributed by atoms with Gasteiger partial charge in [-0.15, -0.1) is 0 Å². The van der Waals surface area contributed by atoms with Crippen LogP contribution in [0.1, 0.15) is 31.9 Å². The maximum Gasteiger partial charge on any atom is 0.271 e. The number of anilines is 1. The third-order valence-corrected chi connectivity index (χ3v) is 6.07. The molecule has 0 aliphatic rings. The zero-order valence-corrected chi connectivity index (χ0v) is 19.4. The molecule has 11 heteroatoms. The van der Waals surface area contributed by atoms with Gasteiger partial charge in [0.2, 0.25) is 15.9 Å². The summed E-state index contributed by atoms with van der Waals surface area (Å²) in [4.78, 5) is 23.7. The summed E-state index contributed by atoms with van der Waals surface area (Å²) in [5.74, 6) is 0.551. The summed E-state index contributed by atoms with van der Waals surface area (Å²) in [6.07, 6.45) is 1.10. The van der Waals surface area contributed by atoms with Gasteiger partial charge in [0.1, 0.15) is 17.5 Å². The normalized spacial score (nSPS) is 13.0. The molecule has 1 amide bonds. The van der Waals surface area contributed by atoms with E-state index in [0.717, 1.165) is 16.6 Å². The summed E-state index contributed by atoms with van der Waals surface area (Å²) in [6.45, 7) is 3.40. The van der Waals surface area contributed by atoms with Crippen LogP contribution >= 0.6 is 0 Å². The summed E-state index contributed by atoms with van der Waals surface area (Å²) in [6, 6.07) is 8.67. The molecule has 2 unspecified atom stereocenters.